The molecule has 2 atom stereocenters. The van der Waals surface area contributed by atoms with E-state index >= 15 is 0 Å². The molecule has 42 heavy (non-hydrogen) atoms. The first-order valence-corrected chi connectivity index (χ1v) is 15.3. The summed E-state index contributed by atoms with van der Waals surface area (Å²) in [5, 5.41) is 2.30. The van der Waals surface area contributed by atoms with E-state index in [1.165, 1.54) is 33.8 Å². The smallest absolute Gasteiger partial charge is 0.158 e. The van der Waals surface area contributed by atoms with E-state index in [0.717, 1.165) is 47.0 Å². The van der Waals surface area contributed by atoms with E-state index in [0.29, 0.717) is 5.92 Å². The maximum atomic E-state index is 6.43. The average Bonchev–Trinajstić information content (AvgIpc) is 3.60. The molecule has 0 bridgehead atoms. The van der Waals surface area contributed by atoms with Gasteiger partial charge in [-0.15, -0.1) is 0 Å². The minimum atomic E-state index is 0.00514. The number of anilines is 4. The summed E-state index contributed by atoms with van der Waals surface area (Å²) in [4.78, 5) is 10.3. The SMILES string of the molecule is CCC1c2ccccc2N2c3cccnc3N(c3ccc4oc5ccccc5c4c3-c3ccccc3)C2C1(CC)CC. The fraction of sp³-hybridized carbons (Fsp3) is 0.237. The van der Waals surface area contributed by atoms with Gasteiger partial charge in [-0.25, -0.2) is 4.98 Å². The summed E-state index contributed by atoms with van der Waals surface area (Å²) in [6.45, 7) is 7.14. The molecule has 4 nitrogen and oxygen atoms in total. The lowest BCUT2D eigenvalue weighted by Crippen LogP contribution is -2.57. The molecular formula is C38H35N3O. The lowest BCUT2D eigenvalue weighted by Gasteiger charge is -2.55. The second-order valence-electron chi connectivity index (χ2n) is 11.7. The van der Waals surface area contributed by atoms with Crippen LogP contribution in [-0.4, -0.2) is 11.1 Å². The lowest BCUT2D eigenvalue weighted by atomic mass is 9.62. The van der Waals surface area contributed by atoms with Gasteiger partial charge in [-0.05, 0) is 72.7 Å². The van der Waals surface area contributed by atoms with Gasteiger partial charge in [0, 0.05) is 33.6 Å². The molecule has 0 fully saturated rings. The molecule has 208 valence electrons. The number of benzene rings is 4. The van der Waals surface area contributed by atoms with Gasteiger partial charge in [-0.2, -0.15) is 0 Å². The molecule has 2 unspecified atom stereocenters. The zero-order valence-corrected chi connectivity index (χ0v) is 24.4. The van der Waals surface area contributed by atoms with Gasteiger partial charge in [-0.1, -0.05) is 87.5 Å². The van der Waals surface area contributed by atoms with Gasteiger partial charge in [0.15, 0.2) is 5.82 Å². The summed E-state index contributed by atoms with van der Waals surface area (Å²) >= 11 is 0. The van der Waals surface area contributed by atoms with Crippen molar-refractivity contribution in [2.75, 3.05) is 9.80 Å². The molecule has 4 aromatic carbocycles. The van der Waals surface area contributed by atoms with Crippen LogP contribution in [0.3, 0.4) is 0 Å². The maximum absolute atomic E-state index is 6.43. The van der Waals surface area contributed by atoms with Gasteiger partial charge in [0.1, 0.15) is 17.3 Å². The second kappa shape index (κ2) is 9.49. The molecule has 2 aliphatic heterocycles. The normalized spacial score (nSPS) is 18.7. The predicted molar refractivity (Wildman–Crippen MR) is 174 cm³/mol. The molecule has 2 aromatic heterocycles. The lowest BCUT2D eigenvalue weighted by molar-refractivity contribution is 0.144. The van der Waals surface area contributed by atoms with Crippen LogP contribution in [0.4, 0.5) is 22.9 Å². The fourth-order valence-electron chi connectivity index (χ4n) is 8.28. The van der Waals surface area contributed by atoms with Crippen LogP contribution in [0, 0.1) is 5.41 Å². The second-order valence-corrected chi connectivity index (χ2v) is 11.7. The highest BCUT2D eigenvalue weighted by Crippen LogP contribution is 2.63. The number of nitrogens with zero attached hydrogens (tertiary/aromatic N) is 3. The molecule has 0 N–H and O–H groups in total. The first-order chi connectivity index (χ1) is 20.7. The number of aromatic nitrogens is 1. The van der Waals surface area contributed by atoms with Gasteiger partial charge < -0.3 is 14.2 Å². The highest BCUT2D eigenvalue weighted by Gasteiger charge is 2.57. The number of fused-ring (bicyclic) bond motifs is 8. The zero-order valence-electron chi connectivity index (χ0n) is 24.4. The maximum Gasteiger partial charge on any atom is 0.158 e. The van der Waals surface area contributed by atoms with Gasteiger partial charge in [-0.3, -0.25) is 0 Å². The quantitative estimate of drug-likeness (QED) is 0.214. The van der Waals surface area contributed by atoms with E-state index in [2.05, 4.69) is 128 Å². The average molecular weight is 550 g/mol. The van der Waals surface area contributed by atoms with Crippen LogP contribution >= 0.6 is 0 Å². The van der Waals surface area contributed by atoms with Crippen LogP contribution in [0.2, 0.25) is 0 Å². The number of pyridine rings is 1. The van der Waals surface area contributed by atoms with E-state index in [1.54, 1.807) is 0 Å². The Hall–Kier alpha value is -4.57. The molecule has 0 saturated carbocycles. The largest absolute Gasteiger partial charge is 0.456 e. The molecule has 0 aliphatic carbocycles. The topological polar surface area (TPSA) is 32.5 Å². The number of furan rings is 1. The summed E-state index contributed by atoms with van der Waals surface area (Å²) < 4.78 is 6.43. The molecule has 4 heteroatoms. The van der Waals surface area contributed by atoms with Gasteiger partial charge in [0.05, 0.1) is 11.4 Å². The molecule has 0 amide bonds. The van der Waals surface area contributed by atoms with Crippen molar-refractivity contribution < 1.29 is 4.42 Å². The van der Waals surface area contributed by atoms with Gasteiger partial charge in [0.25, 0.3) is 0 Å². The number of hydrogen-bond acceptors (Lipinski definition) is 4. The predicted octanol–water partition coefficient (Wildman–Crippen LogP) is 10.6. The van der Waals surface area contributed by atoms with Crippen LogP contribution in [-0.2, 0) is 0 Å². The highest BCUT2D eigenvalue weighted by atomic mass is 16.3. The van der Waals surface area contributed by atoms with Crippen LogP contribution in [0.25, 0.3) is 33.1 Å². The number of rotatable bonds is 5. The van der Waals surface area contributed by atoms with E-state index in [1.807, 2.05) is 12.3 Å². The van der Waals surface area contributed by atoms with Crippen molar-refractivity contribution in [3.63, 3.8) is 0 Å². The monoisotopic (exact) mass is 549 g/mol. The highest BCUT2D eigenvalue weighted by molar-refractivity contribution is 6.16. The van der Waals surface area contributed by atoms with E-state index in [9.17, 15) is 0 Å². The Morgan fingerprint density at radius 3 is 2.24 bits per heavy atom. The summed E-state index contributed by atoms with van der Waals surface area (Å²) in [6.07, 6.45) is 5.26. The van der Waals surface area contributed by atoms with Crippen LogP contribution in [0.1, 0.15) is 51.5 Å². The van der Waals surface area contributed by atoms with Crippen LogP contribution in [0.15, 0.2) is 114 Å². The van der Waals surface area contributed by atoms with Crippen LogP contribution in [0.5, 0.6) is 0 Å². The Kier molecular flexibility index (Phi) is 5.68. The summed E-state index contributed by atoms with van der Waals surface area (Å²) in [5.74, 6) is 1.45. The third-order valence-electron chi connectivity index (χ3n) is 10.1. The van der Waals surface area contributed by atoms with Crippen molar-refractivity contribution in [2.24, 2.45) is 5.41 Å². The van der Waals surface area contributed by atoms with Crippen molar-refractivity contribution >= 4 is 44.8 Å². The first-order valence-electron chi connectivity index (χ1n) is 15.3. The Morgan fingerprint density at radius 2 is 1.43 bits per heavy atom. The van der Waals surface area contributed by atoms with Gasteiger partial charge in [0.2, 0.25) is 0 Å². The van der Waals surface area contributed by atoms with Crippen molar-refractivity contribution in [2.45, 2.75) is 52.1 Å². The third kappa shape index (κ3) is 3.26. The molecule has 2 aliphatic rings. The van der Waals surface area contributed by atoms with Crippen LogP contribution < -0.4 is 9.80 Å². The van der Waals surface area contributed by atoms with E-state index in [-0.39, 0.29) is 11.6 Å². The summed E-state index contributed by atoms with van der Waals surface area (Å²) in [5.41, 5.74) is 9.32. The first kappa shape index (κ1) is 25.2. The zero-order chi connectivity index (χ0) is 28.4. The van der Waals surface area contributed by atoms with E-state index in [4.69, 9.17) is 9.40 Å². The molecule has 4 heterocycles. The van der Waals surface area contributed by atoms with E-state index < -0.39 is 0 Å². The third-order valence-corrected chi connectivity index (χ3v) is 10.1. The van der Waals surface area contributed by atoms with Crippen molar-refractivity contribution in [1.82, 2.24) is 4.98 Å². The summed E-state index contributed by atoms with van der Waals surface area (Å²) in [7, 11) is 0. The minimum Gasteiger partial charge on any atom is -0.456 e. The molecule has 0 saturated heterocycles. The molecule has 6 aromatic rings. The molecule has 8 rings (SSSR count). The van der Waals surface area contributed by atoms with Crippen molar-refractivity contribution in [3.8, 4) is 11.1 Å². The molecule has 0 spiro atoms. The standard InChI is InChI=1S/C38H35N3O/c1-4-28-26-17-10-12-19-29(26)40-31-20-14-24-39-36(31)41(37(40)38(28,5-2)6-3)30-22-23-33-35(27-18-11-13-21-32(27)42-33)34(30)25-15-8-7-9-16-25/h7-24,28,37H,4-6H2,1-3H3. The molecular weight excluding hydrogens is 514 g/mol. The number of hydrogen-bond donors (Lipinski definition) is 0. The Bertz CT molecular complexity index is 1940. The Morgan fingerprint density at radius 1 is 0.690 bits per heavy atom. The van der Waals surface area contributed by atoms with Crippen molar-refractivity contribution in [3.05, 3.63) is 115 Å². The van der Waals surface area contributed by atoms with Crippen molar-refractivity contribution in [1.29, 1.82) is 0 Å². The Balaban J connectivity index is 1.50. The molecule has 0 radical (unpaired) electrons. The van der Waals surface area contributed by atoms with Gasteiger partial charge >= 0.3 is 0 Å². The Labute approximate surface area is 247 Å². The summed E-state index contributed by atoms with van der Waals surface area (Å²) in [6, 6.07) is 37.1. The fourth-order valence-corrected chi connectivity index (χ4v) is 8.28. The minimum absolute atomic E-state index is 0.00514. The number of para-hydroxylation sites is 2.